The van der Waals surface area contributed by atoms with E-state index in [9.17, 15) is 4.79 Å². The average molecular weight is 125 g/mol. The van der Waals surface area contributed by atoms with Gasteiger partial charge in [-0.2, -0.15) is 0 Å². The van der Waals surface area contributed by atoms with Crippen LogP contribution in [0.5, 0.6) is 0 Å². The van der Waals surface area contributed by atoms with Crippen molar-refractivity contribution in [2.45, 2.75) is 13.3 Å². The van der Waals surface area contributed by atoms with Gasteiger partial charge < -0.3 is 5.11 Å². The molecule has 3 heteroatoms. The molecule has 0 unspecified atom stereocenters. The molecule has 9 heavy (non-hydrogen) atoms. The first-order valence-corrected chi connectivity index (χ1v) is 2.67. The Bertz CT molecular complexity index is 203. The molecule has 0 saturated carbocycles. The van der Waals surface area contributed by atoms with Crippen LogP contribution in [0.1, 0.15) is 13.3 Å². The Hall–Kier alpha value is -1.12. The smallest absolute Gasteiger partial charge is 0.354 e. The highest BCUT2D eigenvalue weighted by molar-refractivity contribution is 5.92. The lowest BCUT2D eigenvalue weighted by molar-refractivity contribution is -0.132. The van der Waals surface area contributed by atoms with Crippen LogP contribution in [0.25, 0.3) is 0 Å². The van der Waals surface area contributed by atoms with Gasteiger partial charge in [-0.05, 0) is 12.5 Å². The van der Waals surface area contributed by atoms with E-state index in [2.05, 4.69) is 4.99 Å². The SMILES string of the molecule is CC1=C(C(=O)O)N=CC1. The minimum Gasteiger partial charge on any atom is -0.477 e. The summed E-state index contributed by atoms with van der Waals surface area (Å²) in [5.74, 6) is -0.929. The van der Waals surface area contributed by atoms with Crippen LogP contribution >= 0.6 is 0 Å². The molecule has 1 heterocycles. The molecule has 0 spiro atoms. The number of carbonyl (C=O) groups is 1. The zero-order valence-corrected chi connectivity index (χ0v) is 5.09. The molecule has 1 aliphatic rings. The van der Waals surface area contributed by atoms with E-state index in [4.69, 9.17) is 5.11 Å². The van der Waals surface area contributed by atoms with Crippen molar-refractivity contribution in [3.8, 4) is 0 Å². The van der Waals surface area contributed by atoms with Gasteiger partial charge in [0.2, 0.25) is 0 Å². The second-order valence-electron chi connectivity index (χ2n) is 1.95. The Kier molecular flexibility index (Phi) is 1.34. The fraction of sp³-hybridized carbons (Fsp3) is 0.333. The summed E-state index contributed by atoms with van der Waals surface area (Å²) < 4.78 is 0. The first kappa shape index (κ1) is 6.01. The Morgan fingerprint density at radius 3 is 2.78 bits per heavy atom. The summed E-state index contributed by atoms with van der Waals surface area (Å²) in [4.78, 5) is 13.9. The highest BCUT2D eigenvalue weighted by atomic mass is 16.4. The molecule has 0 saturated heterocycles. The fourth-order valence-corrected chi connectivity index (χ4v) is 0.718. The van der Waals surface area contributed by atoms with Gasteiger partial charge in [-0.3, -0.25) is 4.99 Å². The minimum absolute atomic E-state index is 0.204. The third-order valence-electron chi connectivity index (χ3n) is 1.22. The number of rotatable bonds is 1. The van der Waals surface area contributed by atoms with Crippen molar-refractivity contribution >= 4 is 12.2 Å². The van der Waals surface area contributed by atoms with E-state index in [0.29, 0.717) is 6.42 Å². The molecule has 0 bridgehead atoms. The fourth-order valence-electron chi connectivity index (χ4n) is 0.718. The molecule has 0 aromatic carbocycles. The van der Waals surface area contributed by atoms with Crippen molar-refractivity contribution in [3.05, 3.63) is 11.3 Å². The number of aliphatic carboxylic acids is 1. The van der Waals surface area contributed by atoms with Gasteiger partial charge in [0.15, 0.2) is 0 Å². The molecule has 0 atom stereocenters. The van der Waals surface area contributed by atoms with Gasteiger partial charge in [0.25, 0.3) is 0 Å². The molecule has 3 nitrogen and oxygen atoms in total. The van der Waals surface area contributed by atoms with Crippen LogP contribution in [0.2, 0.25) is 0 Å². The summed E-state index contributed by atoms with van der Waals surface area (Å²) in [6.07, 6.45) is 2.29. The zero-order valence-electron chi connectivity index (χ0n) is 5.09. The van der Waals surface area contributed by atoms with Crippen molar-refractivity contribution in [2.24, 2.45) is 4.99 Å². The van der Waals surface area contributed by atoms with Crippen LogP contribution in [-0.2, 0) is 4.79 Å². The van der Waals surface area contributed by atoms with Gasteiger partial charge in [0.1, 0.15) is 5.70 Å². The van der Waals surface area contributed by atoms with Crippen molar-refractivity contribution < 1.29 is 9.90 Å². The summed E-state index contributed by atoms with van der Waals surface area (Å²) >= 11 is 0. The second kappa shape index (κ2) is 2.01. The quantitative estimate of drug-likeness (QED) is 0.564. The van der Waals surface area contributed by atoms with Crippen LogP contribution in [0.3, 0.4) is 0 Å². The lowest BCUT2D eigenvalue weighted by atomic mass is 10.2. The standard InChI is InChI=1S/C6H7NO2/c1-4-2-3-7-5(4)6(8)9/h3H,2H2,1H3,(H,8,9). The number of aliphatic imine (C=N–C) groups is 1. The number of allylic oxidation sites excluding steroid dienone is 1. The molecular weight excluding hydrogens is 118 g/mol. The maximum Gasteiger partial charge on any atom is 0.354 e. The number of carboxylic acid groups (broad SMARTS) is 1. The van der Waals surface area contributed by atoms with Gasteiger partial charge >= 0.3 is 5.97 Å². The third-order valence-corrected chi connectivity index (χ3v) is 1.22. The lowest BCUT2D eigenvalue weighted by Crippen LogP contribution is -1.96. The first-order valence-electron chi connectivity index (χ1n) is 2.67. The minimum atomic E-state index is -0.929. The van der Waals surface area contributed by atoms with E-state index in [1.165, 1.54) is 0 Å². The molecule has 1 rings (SSSR count). The van der Waals surface area contributed by atoms with Crippen LogP contribution in [0.4, 0.5) is 0 Å². The largest absolute Gasteiger partial charge is 0.477 e. The van der Waals surface area contributed by atoms with Crippen molar-refractivity contribution in [1.82, 2.24) is 0 Å². The van der Waals surface area contributed by atoms with E-state index in [1.807, 2.05) is 0 Å². The Balaban J connectivity index is 2.89. The van der Waals surface area contributed by atoms with Gasteiger partial charge in [-0.1, -0.05) is 0 Å². The van der Waals surface area contributed by atoms with E-state index in [-0.39, 0.29) is 5.70 Å². The molecule has 1 N–H and O–H groups in total. The molecule has 0 amide bonds. The third kappa shape index (κ3) is 0.988. The van der Waals surface area contributed by atoms with E-state index < -0.39 is 5.97 Å². The molecule has 0 radical (unpaired) electrons. The van der Waals surface area contributed by atoms with E-state index in [0.717, 1.165) is 5.57 Å². The summed E-state index contributed by atoms with van der Waals surface area (Å²) in [7, 11) is 0. The Morgan fingerprint density at radius 2 is 2.56 bits per heavy atom. The number of hydrogen-bond acceptors (Lipinski definition) is 2. The van der Waals surface area contributed by atoms with E-state index >= 15 is 0 Å². The molecule has 48 valence electrons. The second-order valence-corrected chi connectivity index (χ2v) is 1.95. The van der Waals surface area contributed by atoms with Crippen molar-refractivity contribution in [1.29, 1.82) is 0 Å². The predicted octanol–water partition coefficient (Wildman–Crippen LogP) is 0.820. The van der Waals surface area contributed by atoms with Crippen molar-refractivity contribution in [3.63, 3.8) is 0 Å². The van der Waals surface area contributed by atoms with Gasteiger partial charge in [0.05, 0.1) is 0 Å². The monoisotopic (exact) mass is 125 g/mol. The summed E-state index contributed by atoms with van der Waals surface area (Å²) in [5.41, 5.74) is 1.04. The van der Waals surface area contributed by atoms with Gasteiger partial charge in [-0.15, -0.1) is 0 Å². The van der Waals surface area contributed by atoms with E-state index in [1.54, 1.807) is 13.1 Å². The number of nitrogens with zero attached hydrogens (tertiary/aromatic N) is 1. The summed E-state index contributed by atoms with van der Waals surface area (Å²) in [5, 5.41) is 8.41. The highest BCUT2D eigenvalue weighted by Crippen LogP contribution is 2.14. The summed E-state index contributed by atoms with van der Waals surface area (Å²) in [6, 6.07) is 0. The highest BCUT2D eigenvalue weighted by Gasteiger charge is 2.12. The van der Waals surface area contributed by atoms with Crippen LogP contribution in [0, 0.1) is 0 Å². The topological polar surface area (TPSA) is 49.7 Å². The molecular formula is C6H7NO2. The Labute approximate surface area is 52.7 Å². The maximum atomic E-state index is 10.2. The maximum absolute atomic E-state index is 10.2. The molecule has 1 aliphatic heterocycles. The average Bonchev–Trinajstić information content (AvgIpc) is 2.13. The summed E-state index contributed by atoms with van der Waals surface area (Å²) in [6.45, 7) is 1.77. The molecule has 0 aromatic heterocycles. The lowest BCUT2D eigenvalue weighted by Gasteiger charge is -1.89. The Morgan fingerprint density at radius 1 is 1.89 bits per heavy atom. The molecule has 0 aromatic rings. The van der Waals surface area contributed by atoms with Crippen molar-refractivity contribution in [2.75, 3.05) is 0 Å². The molecule has 0 fully saturated rings. The van der Waals surface area contributed by atoms with Crippen LogP contribution in [0.15, 0.2) is 16.3 Å². The predicted molar refractivity (Wildman–Crippen MR) is 33.4 cm³/mol. The van der Waals surface area contributed by atoms with Crippen LogP contribution < -0.4 is 0 Å². The molecule has 0 aliphatic carbocycles. The first-order chi connectivity index (χ1) is 4.22. The van der Waals surface area contributed by atoms with Gasteiger partial charge in [0, 0.05) is 12.6 Å². The number of hydrogen-bond donors (Lipinski definition) is 1. The zero-order chi connectivity index (χ0) is 6.85. The number of carboxylic acids is 1. The normalized spacial score (nSPS) is 17.0. The van der Waals surface area contributed by atoms with Gasteiger partial charge in [-0.25, -0.2) is 4.79 Å². The van der Waals surface area contributed by atoms with Crippen LogP contribution in [-0.4, -0.2) is 17.3 Å².